The fraction of sp³-hybridized carbons (Fsp3) is 0.200. The van der Waals surface area contributed by atoms with Crippen LogP contribution in [0.2, 0.25) is 0 Å². The van der Waals surface area contributed by atoms with Crippen molar-refractivity contribution in [3.63, 3.8) is 0 Å². The van der Waals surface area contributed by atoms with Crippen LogP contribution < -0.4 is 19.7 Å². The number of anilines is 3. The Kier molecular flexibility index (Phi) is 7.12. The molecule has 194 valence electrons. The van der Waals surface area contributed by atoms with Crippen molar-refractivity contribution in [1.29, 1.82) is 0 Å². The zero-order valence-electron chi connectivity index (χ0n) is 19.5. The summed E-state index contributed by atoms with van der Waals surface area (Å²) in [7, 11) is -4.71. The Balaban J connectivity index is 1.73. The molecule has 0 fully saturated rings. The Hall–Kier alpha value is -4.06. The largest absolute Gasteiger partial charge is 0.492 e. The van der Waals surface area contributed by atoms with Gasteiger partial charge in [0.05, 0.1) is 40.5 Å². The van der Waals surface area contributed by atoms with Gasteiger partial charge in [0.2, 0.25) is 11.8 Å². The molecule has 0 saturated heterocycles. The van der Waals surface area contributed by atoms with E-state index in [4.69, 9.17) is 4.74 Å². The molecule has 3 aromatic carbocycles. The van der Waals surface area contributed by atoms with Crippen LogP contribution in [-0.2, 0) is 25.8 Å². The fourth-order valence-corrected chi connectivity index (χ4v) is 5.59. The summed E-state index contributed by atoms with van der Waals surface area (Å²) in [6.45, 7) is 2.09. The molecule has 2 N–H and O–H groups in total. The van der Waals surface area contributed by atoms with Crippen LogP contribution in [0.25, 0.3) is 0 Å². The number of benzene rings is 3. The van der Waals surface area contributed by atoms with Gasteiger partial charge in [-0.25, -0.2) is 8.42 Å². The lowest BCUT2D eigenvalue weighted by molar-refractivity contribution is -0.137. The number of nitrogens with zero attached hydrogens (tertiary/aromatic N) is 1. The third-order valence-corrected chi connectivity index (χ3v) is 7.36. The summed E-state index contributed by atoms with van der Waals surface area (Å²) in [6.07, 6.45) is -5.39. The van der Waals surface area contributed by atoms with Gasteiger partial charge < -0.3 is 15.4 Å². The van der Waals surface area contributed by atoms with E-state index in [0.717, 1.165) is 18.2 Å². The molecule has 0 spiro atoms. The third-order valence-electron chi connectivity index (χ3n) is 5.54. The fourth-order valence-electron chi connectivity index (χ4n) is 3.91. The van der Waals surface area contributed by atoms with Gasteiger partial charge in [0, 0.05) is 0 Å². The second kappa shape index (κ2) is 10.1. The SMILES string of the molecule is CCOc1ccccc1NC(=O)C[C@@H]1C(=O)Nc2ccccc2N1S(=O)(=O)c1cccc(C(F)(F)F)c1. The van der Waals surface area contributed by atoms with Crippen LogP contribution in [0.3, 0.4) is 0 Å². The number of fused-ring (bicyclic) bond motifs is 1. The lowest BCUT2D eigenvalue weighted by atomic mass is 10.1. The first-order chi connectivity index (χ1) is 17.5. The van der Waals surface area contributed by atoms with E-state index >= 15 is 0 Å². The molecule has 1 atom stereocenters. The number of para-hydroxylation sites is 4. The van der Waals surface area contributed by atoms with E-state index in [9.17, 15) is 31.2 Å². The molecule has 2 amide bonds. The average molecular weight is 534 g/mol. The highest BCUT2D eigenvalue weighted by Crippen LogP contribution is 2.38. The Morgan fingerprint density at radius 3 is 2.49 bits per heavy atom. The van der Waals surface area contributed by atoms with Crippen molar-refractivity contribution in [2.24, 2.45) is 0 Å². The number of alkyl halides is 3. The molecule has 0 unspecified atom stereocenters. The summed E-state index contributed by atoms with van der Waals surface area (Å²) in [5.41, 5.74) is -0.683. The van der Waals surface area contributed by atoms with Gasteiger partial charge in [0.25, 0.3) is 10.0 Å². The molecule has 37 heavy (non-hydrogen) atoms. The second-order valence-electron chi connectivity index (χ2n) is 8.03. The van der Waals surface area contributed by atoms with Gasteiger partial charge in [0.15, 0.2) is 0 Å². The van der Waals surface area contributed by atoms with Gasteiger partial charge in [-0.3, -0.25) is 13.9 Å². The molecule has 1 aliphatic rings. The van der Waals surface area contributed by atoms with Crippen molar-refractivity contribution < 1.29 is 35.9 Å². The first-order valence-corrected chi connectivity index (χ1v) is 12.6. The lowest BCUT2D eigenvalue weighted by Gasteiger charge is -2.36. The van der Waals surface area contributed by atoms with E-state index in [1.54, 1.807) is 37.3 Å². The van der Waals surface area contributed by atoms with Crippen molar-refractivity contribution in [3.05, 3.63) is 78.4 Å². The average Bonchev–Trinajstić information content (AvgIpc) is 2.85. The first-order valence-electron chi connectivity index (χ1n) is 11.2. The number of hydrogen-bond acceptors (Lipinski definition) is 5. The highest BCUT2D eigenvalue weighted by Gasteiger charge is 2.42. The molecule has 0 saturated carbocycles. The predicted octanol–water partition coefficient (Wildman–Crippen LogP) is 4.65. The summed E-state index contributed by atoms with van der Waals surface area (Å²) in [6, 6.07) is 14.2. The molecule has 3 aromatic rings. The lowest BCUT2D eigenvalue weighted by Crippen LogP contribution is -2.52. The van der Waals surface area contributed by atoms with Crippen molar-refractivity contribution in [2.45, 2.75) is 30.5 Å². The van der Waals surface area contributed by atoms with Gasteiger partial charge in [-0.1, -0.05) is 30.3 Å². The quantitative estimate of drug-likeness (QED) is 0.460. The minimum absolute atomic E-state index is 0.0204. The van der Waals surface area contributed by atoms with Gasteiger partial charge in [-0.2, -0.15) is 13.2 Å². The Morgan fingerprint density at radius 2 is 1.76 bits per heavy atom. The highest BCUT2D eigenvalue weighted by molar-refractivity contribution is 7.93. The van der Waals surface area contributed by atoms with Gasteiger partial charge in [-0.15, -0.1) is 0 Å². The number of carbonyl (C=O) groups excluding carboxylic acids is 2. The molecule has 0 aromatic heterocycles. The molecular formula is C25H22F3N3O5S. The Labute approximate surface area is 211 Å². The topological polar surface area (TPSA) is 105 Å². The van der Waals surface area contributed by atoms with E-state index < -0.39 is 50.9 Å². The number of ether oxygens (including phenoxy) is 1. The van der Waals surface area contributed by atoms with E-state index in [1.807, 2.05) is 0 Å². The standard InChI is InChI=1S/C25H22F3N3O5S/c1-2-36-22-13-6-4-11-19(22)29-23(32)15-21-24(33)30-18-10-3-5-12-20(18)31(21)37(34,35)17-9-7-8-16(14-17)25(26,27)28/h3-14,21H,2,15H2,1H3,(H,29,32)(H,30,33)/t21-/m1/s1. The normalized spacial score (nSPS) is 15.5. The molecule has 4 rings (SSSR count). The van der Waals surface area contributed by atoms with Crippen LogP contribution in [0.4, 0.5) is 30.2 Å². The number of halogens is 3. The summed E-state index contributed by atoms with van der Waals surface area (Å²) >= 11 is 0. The third kappa shape index (κ3) is 5.38. The Bertz CT molecular complexity index is 1440. The molecule has 0 aliphatic carbocycles. The maximum absolute atomic E-state index is 13.7. The number of nitrogens with one attached hydrogen (secondary N) is 2. The molecule has 12 heteroatoms. The summed E-state index contributed by atoms with van der Waals surface area (Å²) in [5.74, 6) is -1.12. The minimum Gasteiger partial charge on any atom is -0.492 e. The number of amides is 2. The van der Waals surface area contributed by atoms with Gasteiger partial charge in [0.1, 0.15) is 11.8 Å². The van der Waals surface area contributed by atoms with Crippen molar-refractivity contribution in [1.82, 2.24) is 0 Å². The van der Waals surface area contributed by atoms with Gasteiger partial charge >= 0.3 is 6.18 Å². The maximum atomic E-state index is 13.7. The van der Waals surface area contributed by atoms with Crippen LogP contribution >= 0.6 is 0 Å². The molecule has 0 radical (unpaired) electrons. The van der Waals surface area contributed by atoms with Crippen LogP contribution in [-0.4, -0.2) is 32.9 Å². The summed E-state index contributed by atoms with van der Waals surface area (Å²) in [4.78, 5) is 25.3. The minimum atomic E-state index is -4.78. The highest BCUT2D eigenvalue weighted by atomic mass is 32.2. The van der Waals surface area contributed by atoms with Crippen LogP contribution in [0.1, 0.15) is 18.9 Å². The zero-order valence-corrected chi connectivity index (χ0v) is 20.3. The maximum Gasteiger partial charge on any atom is 0.416 e. The van der Waals surface area contributed by atoms with Crippen LogP contribution in [0.5, 0.6) is 5.75 Å². The molecule has 8 nitrogen and oxygen atoms in total. The zero-order chi connectivity index (χ0) is 26.8. The monoisotopic (exact) mass is 533 g/mol. The first kappa shape index (κ1) is 26.0. The van der Waals surface area contributed by atoms with Crippen molar-refractivity contribution in [2.75, 3.05) is 21.5 Å². The molecule has 1 aliphatic heterocycles. The smallest absolute Gasteiger partial charge is 0.416 e. The predicted molar refractivity (Wildman–Crippen MR) is 131 cm³/mol. The van der Waals surface area contributed by atoms with Crippen LogP contribution in [0.15, 0.2) is 77.7 Å². The molecular weight excluding hydrogens is 511 g/mol. The van der Waals surface area contributed by atoms with E-state index in [-0.39, 0.29) is 11.4 Å². The van der Waals surface area contributed by atoms with E-state index in [0.29, 0.717) is 28.4 Å². The number of hydrogen-bond donors (Lipinski definition) is 2. The summed E-state index contributed by atoms with van der Waals surface area (Å²) in [5, 5.41) is 5.18. The van der Waals surface area contributed by atoms with E-state index in [2.05, 4.69) is 10.6 Å². The van der Waals surface area contributed by atoms with E-state index in [1.165, 1.54) is 18.2 Å². The number of rotatable bonds is 7. The molecule has 0 bridgehead atoms. The van der Waals surface area contributed by atoms with Gasteiger partial charge in [-0.05, 0) is 49.4 Å². The second-order valence-corrected chi connectivity index (χ2v) is 9.85. The summed E-state index contributed by atoms with van der Waals surface area (Å²) < 4.78 is 73.5. The van der Waals surface area contributed by atoms with Crippen molar-refractivity contribution >= 4 is 38.9 Å². The van der Waals surface area contributed by atoms with Crippen molar-refractivity contribution in [3.8, 4) is 5.75 Å². The Morgan fingerprint density at radius 1 is 1.05 bits per heavy atom. The molecule has 1 heterocycles. The number of sulfonamides is 1. The number of carbonyl (C=O) groups is 2. The van der Waals surface area contributed by atoms with Crippen LogP contribution in [0, 0.1) is 0 Å².